The number of nitrogens with zero attached hydrogens (tertiary/aromatic N) is 3. The molecule has 0 aliphatic carbocycles. The van der Waals surface area contributed by atoms with Crippen molar-refractivity contribution in [3.63, 3.8) is 0 Å². The molecule has 0 radical (unpaired) electrons. The van der Waals surface area contributed by atoms with Crippen LogP contribution in [0.25, 0.3) is 16.6 Å². The third kappa shape index (κ3) is 5.13. The van der Waals surface area contributed by atoms with E-state index in [1.165, 1.54) is 22.8 Å². The van der Waals surface area contributed by atoms with Gasteiger partial charge in [0.05, 0.1) is 27.7 Å². The maximum Gasteiger partial charge on any atom is 0.266 e. The van der Waals surface area contributed by atoms with Gasteiger partial charge in [-0.15, -0.1) is 0 Å². The first-order chi connectivity index (χ1) is 16.9. The molecule has 1 atom stereocenters. The van der Waals surface area contributed by atoms with Gasteiger partial charge in [-0.2, -0.15) is 0 Å². The molecule has 7 heteroatoms. The van der Waals surface area contributed by atoms with Gasteiger partial charge in [0.1, 0.15) is 11.6 Å². The summed E-state index contributed by atoms with van der Waals surface area (Å²) < 4.78 is 15.4. The highest BCUT2D eigenvalue weighted by Crippen LogP contribution is 2.28. The Morgan fingerprint density at radius 3 is 2.54 bits per heavy atom. The van der Waals surface area contributed by atoms with Crippen LogP contribution in [-0.4, -0.2) is 26.9 Å². The van der Waals surface area contributed by atoms with E-state index < -0.39 is 11.9 Å². The predicted molar refractivity (Wildman–Crippen MR) is 138 cm³/mol. The molecule has 0 saturated carbocycles. The molecule has 180 valence electrons. The van der Waals surface area contributed by atoms with Gasteiger partial charge in [-0.05, 0) is 55.8 Å². The van der Waals surface area contributed by atoms with Crippen molar-refractivity contribution in [3.05, 3.63) is 105 Å². The molecule has 0 aliphatic heterocycles. The predicted octanol–water partition coefficient (Wildman–Crippen LogP) is 6.57. The second-order valence-corrected chi connectivity index (χ2v) is 8.88. The number of aromatic nitrogens is 2. The Morgan fingerprint density at radius 2 is 1.80 bits per heavy atom. The maximum atomic E-state index is 13.9. The van der Waals surface area contributed by atoms with Crippen molar-refractivity contribution in [2.45, 2.75) is 39.2 Å². The zero-order valence-electron chi connectivity index (χ0n) is 19.7. The standard InChI is InChI=1S/C28H27ClFN3O2/c1-3-4-9-17-32(27(34)20-11-10-12-21(30)18-20)19(2)26-31-24-15-7-5-13-22(24)28(35)33(26)25-16-8-6-14-23(25)29/h5-8,10-16,18-19H,3-4,9,17H2,1-2H3. The van der Waals surface area contributed by atoms with E-state index in [1.54, 1.807) is 53.4 Å². The quantitative estimate of drug-likeness (QED) is 0.262. The molecule has 35 heavy (non-hydrogen) atoms. The van der Waals surface area contributed by atoms with Crippen molar-refractivity contribution in [1.29, 1.82) is 0 Å². The van der Waals surface area contributed by atoms with Crippen molar-refractivity contribution in [2.24, 2.45) is 0 Å². The van der Waals surface area contributed by atoms with Gasteiger partial charge in [-0.25, -0.2) is 9.37 Å². The Balaban J connectivity index is 1.90. The molecule has 0 bridgehead atoms. The van der Waals surface area contributed by atoms with Crippen LogP contribution in [0.1, 0.15) is 55.3 Å². The number of rotatable bonds is 8. The van der Waals surface area contributed by atoms with Gasteiger partial charge in [-0.1, -0.05) is 61.7 Å². The number of halogens is 2. The molecule has 1 amide bonds. The molecule has 0 N–H and O–H groups in total. The lowest BCUT2D eigenvalue weighted by atomic mass is 10.1. The van der Waals surface area contributed by atoms with Gasteiger partial charge in [0.25, 0.3) is 11.5 Å². The molecular weight excluding hydrogens is 465 g/mol. The summed E-state index contributed by atoms with van der Waals surface area (Å²) in [6, 6.07) is 19.2. The van der Waals surface area contributed by atoms with Crippen LogP contribution < -0.4 is 5.56 Å². The zero-order chi connectivity index (χ0) is 24.9. The molecule has 1 heterocycles. The molecular formula is C28H27ClFN3O2. The SMILES string of the molecule is CCCCCN(C(=O)c1cccc(F)c1)C(C)c1nc2ccccc2c(=O)n1-c1ccccc1Cl. The molecule has 0 saturated heterocycles. The van der Waals surface area contributed by atoms with E-state index in [9.17, 15) is 14.0 Å². The van der Waals surface area contributed by atoms with Gasteiger partial charge >= 0.3 is 0 Å². The first-order valence-electron chi connectivity index (χ1n) is 11.8. The summed E-state index contributed by atoms with van der Waals surface area (Å²) in [5.74, 6) is -0.405. The van der Waals surface area contributed by atoms with E-state index in [2.05, 4.69) is 6.92 Å². The van der Waals surface area contributed by atoms with Crippen LogP contribution in [0, 0.1) is 5.82 Å². The fourth-order valence-electron chi connectivity index (χ4n) is 4.23. The van der Waals surface area contributed by atoms with Crippen molar-refractivity contribution in [1.82, 2.24) is 14.5 Å². The van der Waals surface area contributed by atoms with Gasteiger partial charge in [0.2, 0.25) is 0 Å². The summed E-state index contributed by atoms with van der Waals surface area (Å²) in [6.45, 7) is 4.37. The highest BCUT2D eigenvalue weighted by molar-refractivity contribution is 6.32. The maximum absolute atomic E-state index is 13.9. The van der Waals surface area contributed by atoms with Gasteiger partial charge in [0, 0.05) is 12.1 Å². The highest BCUT2D eigenvalue weighted by atomic mass is 35.5. The average molecular weight is 492 g/mol. The lowest BCUT2D eigenvalue weighted by Crippen LogP contribution is -2.38. The van der Waals surface area contributed by atoms with Crippen LogP contribution in [-0.2, 0) is 0 Å². The molecule has 4 aromatic rings. The third-order valence-corrected chi connectivity index (χ3v) is 6.39. The molecule has 4 rings (SSSR count). The van der Waals surface area contributed by atoms with Crippen molar-refractivity contribution < 1.29 is 9.18 Å². The van der Waals surface area contributed by atoms with Crippen molar-refractivity contribution >= 4 is 28.4 Å². The molecule has 5 nitrogen and oxygen atoms in total. The molecule has 0 aliphatic rings. The molecule has 1 unspecified atom stereocenters. The van der Waals surface area contributed by atoms with Crippen LogP contribution in [0.2, 0.25) is 5.02 Å². The zero-order valence-corrected chi connectivity index (χ0v) is 20.5. The van der Waals surface area contributed by atoms with Crippen molar-refractivity contribution in [2.75, 3.05) is 6.54 Å². The van der Waals surface area contributed by atoms with Crippen LogP contribution in [0.15, 0.2) is 77.6 Å². The topological polar surface area (TPSA) is 55.2 Å². The number of hydrogen-bond acceptors (Lipinski definition) is 3. The summed E-state index contributed by atoms with van der Waals surface area (Å²) in [6.07, 6.45) is 2.68. The Morgan fingerprint density at radius 1 is 1.06 bits per heavy atom. The summed E-state index contributed by atoms with van der Waals surface area (Å²) in [4.78, 5) is 33.8. The molecule has 1 aromatic heterocycles. The minimum absolute atomic E-state index is 0.251. The molecule has 3 aromatic carbocycles. The number of amides is 1. The van der Waals surface area contributed by atoms with E-state index in [0.29, 0.717) is 34.0 Å². The fourth-order valence-corrected chi connectivity index (χ4v) is 4.45. The van der Waals surface area contributed by atoms with Crippen molar-refractivity contribution in [3.8, 4) is 5.69 Å². The smallest absolute Gasteiger partial charge is 0.266 e. The van der Waals surface area contributed by atoms with Crippen LogP contribution in [0.4, 0.5) is 4.39 Å². The third-order valence-electron chi connectivity index (χ3n) is 6.07. The number of hydrogen-bond donors (Lipinski definition) is 0. The highest BCUT2D eigenvalue weighted by Gasteiger charge is 2.28. The van der Waals surface area contributed by atoms with Crippen LogP contribution in [0.5, 0.6) is 0 Å². The number of carbonyl (C=O) groups is 1. The minimum atomic E-state index is -0.587. The van der Waals surface area contributed by atoms with Gasteiger partial charge < -0.3 is 4.90 Å². The Hall–Kier alpha value is -3.51. The minimum Gasteiger partial charge on any atom is -0.329 e. The Bertz CT molecular complexity index is 1420. The normalized spacial score (nSPS) is 12.0. The number of fused-ring (bicyclic) bond motifs is 1. The molecule has 0 spiro atoms. The summed E-state index contributed by atoms with van der Waals surface area (Å²) in [5.41, 5.74) is 1.01. The number of carbonyl (C=O) groups excluding carboxylic acids is 1. The summed E-state index contributed by atoms with van der Waals surface area (Å²) in [5, 5.41) is 0.853. The van der Waals surface area contributed by atoms with E-state index in [4.69, 9.17) is 16.6 Å². The lowest BCUT2D eigenvalue weighted by molar-refractivity contribution is 0.0676. The number of benzene rings is 3. The number of para-hydroxylation sites is 2. The van der Waals surface area contributed by atoms with E-state index in [-0.39, 0.29) is 17.0 Å². The van der Waals surface area contributed by atoms with Crippen LogP contribution in [0.3, 0.4) is 0 Å². The second-order valence-electron chi connectivity index (χ2n) is 8.47. The van der Waals surface area contributed by atoms with E-state index >= 15 is 0 Å². The first-order valence-corrected chi connectivity index (χ1v) is 12.1. The number of unbranched alkanes of at least 4 members (excludes halogenated alkanes) is 2. The second kappa shape index (κ2) is 10.8. The lowest BCUT2D eigenvalue weighted by Gasteiger charge is -2.31. The monoisotopic (exact) mass is 491 g/mol. The van der Waals surface area contributed by atoms with Crippen LogP contribution >= 0.6 is 11.6 Å². The first kappa shape index (κ1) is 24.6. The largest absolute Gasteiger partial charge is 0.329 e. The molecule has 0 fully saturated rings. The van der Waals surface area contributed by atoms with E-state index in [1.807, 2.05) is 13.0 Å². The Kier molecular flexibility index (Phi) is 7.61. The Labute approximate surface area is 208 Å². The average Bonchev–Trinajstić information content (AvgIpc) is 2.86. The summed E-state index contributed by atoms with van der Waals surface area (Å²) in [7, 11) is 0. The van der Waals surface area contributed by atoms with Gasteiger partial charge in [0.15, 0.2) is 0 Å². The van der Waals surface area contributed by atoms with E-state index in [0.717, 1.165) is 19.3 Å². The summed E-state index contributed by atoms with van der Waals surface area (Å²) >= 11 is 6.51. The van der Waals surface area contributed by atoms with Gasteiger partial charge in [-0.3, -0.25) is 14.2 Å². The fraction of sp³-hybridized carbons (Fsp3) is 0.250.